The van der Waals surface area contributed by atoms with Crippen molar-refractivity contribution in [2.24, 2.45) is 0 Å². The number of aromatic amines is 1. The molecule has 1 amide bonds. The predicted molar refractivity (Wildman–Crippen MR) is 112 cm³/mol. The average Bonchev–Trinajstić information content (AvgIpc) is 3.04. The molecule has 0 bridgehead atoms. The van der Waals surface area contributed by atoms with Gasteiger partial charge in [0.1, 0.15) is 5.75 Å². The van der Waals surface area contributed by atoms with Gasteiger partial charge in [-0.2, -0.15) is 0 Å². The van der Waals surface area contributed by atoms with Gasteiger partial charge in [0.15, 0.2) is 0 Å². The second-order valence-electron chi connectivity index (χ2n) is 7.46. The number of H-pyrrole nitrogens is 1. The van der Waals surface area contributed by atoms with Crippen molar-refractivity contribution in [3.8, 4) is 5.75 Å². The number of hydrogen-bond donors (Lipinski definition) is 1. The fourth-order valence-corrected chi connectivity index (χ4v) is 3.95. The molecule has 1 fully saturated rings. The summed E-state index contributed by atoms with van der Waals surface area (Å²) in [6.07, 6.45) is 0.450. The first-order valence-electron chi connectivity index (χ1n) is 9.83. The van der Waals surface area contributed by atoms with Crippen molar-refractivity contribution < 1.29 is 9.53 Å². The normalized spacial score (nSPS) is 15.1. The van der Waals surface area contributed by atoms with Crippen LogP contribution >= 0.6 is 0 Å². The number of nitrogens with zero attached hydrogens (tertiary/aromatic N) is 2. The summed E-state index contributed by atoms with van der Waals surface area (Å²) in [5.74, 6) is 1.02. The number of ether oxygens (including phenoxy) is 1. The minimum atomic E-state index is 0.202. The highest BCUT2D eigenvalue weighted by atomic mass is 16.5. The lowest BCUT2D eigenvalue weighted by Crippen LogP contribution is -2.48. The number of rotatable bonds is 5. The summed E-state index contributed by atoms with van der Waals surface area (Å²) >= 11 is 0. The van der Waals surface area contributed by atoms with E-state index in [1.807, 2.05) is 29.2 Å². The van der Waals surface area contributed by atoms with Gasteiger partial charge in [0.2, 0.25) is 5.91 Å². The van der Waals surface area contributed by atoms with E-state index in [4.69, 9.17) is 4.74 Å². The van der Waals surface area contributed by atoms with Gasteiger partial charge in [0.25, 0.3) is 0 Å². The van der Waals surface area contributed by atoms with Gasteiger partial charge >= 0.3 is 0 Å². The lowest BCUT2D eigenvalue weighted by Gasteiger charge is -2.35. The van der Waals surface area contributed by atoms with Crippen molar-refractivity contribution in [3.05, 3.63) is 65.4 Å². The van der Waals surface area contributed by atoms with Crippen LogP contribution in [-0.2, 0) is 17.8 Å². The van der Waals surface area contributed by atoms with E-state index in [9.17, 15) is 4.79 Å². The molecule has 5 nitrogen and oxygen atoms in total. The van der Waals surface area contributed by atoms with Crippen molar-refractivity contribution >= 4 is 16.8 Å². The minimum Gasteiger partial charge on any atom is -0.497 e. The van der Waals surface area contributed by atoms with E-state index in [0.29, 0.717) is 6.42 Å². The number of amides is 1. The third-order valence-corrected chi connectivity index (χ3v) is 5.65. The predicted octanol–water partition coefficient (Wildman–Crippen LogP) is 3.37. The maximum Gasteiger partial charge on any atom is 0.227 e. The molecule has 2 heterocycles. The van der Waals surface area contributed by atoms with Gasteiger partial charge in [0.05, 0.1) is 13.5 Å². The Labute approximate surface area is 165 Å². The van der Waals surface area contributed by atoms with Crippen molar-refractivity contribution in [1.29, 1.82) is 0 Å². The summed E-state index contributed by atoms with van der Waals surface area (Å²) in [4.78, 5) is 20.6. The third kappa shape index (κ3) is 3.90. The summed E-state index contributed by atoms with van der Waals surface area (Å²) in [6.45, 7) is 6.47. The highest BCUT2D eigenvalue weighted by Gasteiger charge is 2.22. The Hall–Kier alpha value is -2.79. The summed E-state index contributed by atoms with van der Waals surface area (Å²) in [7, 11) is 1.65. The van der Waals surface area contributed by atoms with Gasteiger partial charge in [-0.15, -0.1) is 0 Å². The molecule has 2 aromatic carbocycles. The lowest BCUT2D eigenvalue weighted by atomic mass is 10.1. The topological polar surface area (TPSA) is 48.6 Å². The maximum absolute atomic E-state index is 12.6. The molecule has 0 spiro atoms. The zero-order valence-corrected chi connectivity index (χ0v) is 16.6. The number of carbonyl (C=O) groups is 1. The molecule has 1 aromatic heterocycles. The van der Waals surface area contributed by atoms with Crippen molar-refractivity contribution in [3.63, 3.8) is 0 Å². The van der Waals surface area contributed by atoms with Crippen molar-refractivity contribution in [2.75, 3.05) is 33.3 Å². The number of piperazine rings is 1. The molecule has 28 heavy (non-hydrogen) atoms. The highest BCUT2D eigenvalue weighted by molar-refractivity contribution is 5.84. The lowest BCUT2D eigenvalue weighted by molar-refractivity contribution is -0.132. The molecule has 4 rings (SSSR count). The van der Waals surface area contributed by atoms with E-state index in [0.717, 1.165) is 44.0 Å². The second-order valence-corrected chi connectivity index (χ2v) is 7.46. The van der Waals surface area contributed by atoms with Crippen LogP contribution in [0.15, 0.2) is 48.5 Å². The molecule has 0 unspecified atom stereocenters. The van der Waals surface area contributed by atoms with Gasteiger partial charge < -0.3 is 14.6 Å². The van der Waals surface area contributed by atoms with E-state index in [-0.39, 0.29) is 5.91 Å². The van der Waals surface area contributed by atoms with E-state index < -0.39 is 0 Å². The monoisotopic (exact) mass is 377 g/mol. The number of methoxy groups -OCH3 is 1. The third-order valence-electron chi connectivity index (χ3n) is 5.65. The van der Waals surface area contributed by atoms with Gasteiger partial charge in [-0.25, -0.2) is 0 Å². The molecular weight excluding hydrogens is 350 g/mol. The summed E-state index contributed by atoms with van der Waals surface area (Å²) in [5.41, 5.74) is 4.83. The van der Waals surface area contributed by atoms with Gasteiger partial charge in [-0.05, 0) is 36.2 Å². The minimum absolute atomic E-state index is 0.202. The molecule has 1 N–H and O–H groups in total. The van der Waals surface area contributed by atoms with Crippen LogP contribution in [-0.4, -0.2) is 54.0 Å². The number of benzene rings is 2. The molecule has 0 radical (unpaired) electrons. The second kappa shape index (κ2) is 8.07. The zero-order valence-electron chi connectivity index (χ0n) is 16.6. The molecule has 1 aliphatic heterocycles. The van der Waals surface area contributed by atoms with E-state index >= 15 is 0 Å². The van der Waals surface area contributed by atoms with Crippen LogP contribution in [0.25, 0.3) is 10.9 Å². The van der Waals surface area contributed by atoms with Crippen LogP contribution < -0.4 is 4.74 Å². The summed E-state index contributed by atoms with van der Waals surface area (Å²) < 4.78 is 5.18. The quantitative estimate of drug-likeness (QED) is 0.742. The number of aryl methyl sites for hydroxylation is 1. The molecular formula is C23H27N3O2. The Bertz CT molecular complexity index is 954. The van der Waals surface area contributed by atoms with E-state index in [2.05, 4.69) is 41.1 Å². The van der Waals surface area contributed by atoms with E-state index in [1.165, 1.54) is 22.2 Å². The van der Waals surface area contributed by atoms with Crippen LogP contribution in [0, 0.1) is 6.92 Å². The molecule has 1 saturated heterocycles. The Morgan fingerprint density at radius 1 is 1.04 bits per heavy atom. The number of fused-ring (bicyclic) bond motifs is 1. The SMILES string of the molecule is COc1ccc(CC(=O)N2CCN(Cc3c(C)[nH]c4ccccc34)CC2)cc1. The Balaban J connectivity index is 1.33. The molecule has 5 heteroatoms. The van der Waals surface area contributed by atoms with E-state index in [1.54, 1.807) is 7.11 Å². The van der Waals surface area contributed by atoms with Gasteiger partial charge in [-0.3, -0.25) is 9.69 Å². The van der Waals surface area contributed by atoms with Gasteiger partial charge in [0, 0.05) is 49.3 Å². The number of carbonyl (C=O) groups excluding carboxylic acids is 1. The Morgan fingerprint density at radius 3 is 2.46 bits per heavy atom. The number of hydrogen-bond acceptors (Lipinski definition) is 3. The maximum atomic E-state index is 12.6. The summed E-state index contributed by atoms with van der Waals surface area (Å²) in [5, 5.41) is 1.30. The molecule has 146 valence electrons. The molecule has 3 aromatic rings. The van der Waals surface area contributed by atoms with Crippen molar-refractivity contribution in [2.45, 2.75) is 19.9 Å². The zero-order chi connectivity index (χ0) is 19.5. The van der Waals surface area contributed by atoms with Gasteiger partial charge in [-0.1, -0.05) is 30.3 Å². The fourth-order valence-electron chi connectivity index (χ4n) is 3.95. The molecule has 0 aliphatic carbocycles. The molecule has 0 saturated carbocycles. The first-order valence-corrected chi connectivity index (χ1v) is 9.83. The van der Waals surface area contributed by atoms with Crippen molar-refractivity contribution in [1.82, 2.24) is 14.8 Å². The van der Waals surface area contributed by atoms with Crippen LogP contribution in [0.1, 0.15) is 16.8 Å². The highest BCUT2D eigenvalue weighted by Crippen LogP contribution is 2.24. The largest absolute Gasteiger partial charge is 0.497 e. The number of nitrogens with one attached hydrogen (secondary N) is 1. The Morgan fingerprint density at radius 2 is 1.75 bits per heavy atom. The summed E-state index contributed by atoms with van der Waals surface area (Å²) in [6, 6.07) is 16.2. The average molecular weight is 377 g/mol. The fraction of sp³-hybridized carbons (Fsp3) is 0.348. The van der Waals surface area contributed by atoms with Crippen LogP contribution in [0.2, 0.25) is 0 Å². The first kappa shape index (κ1) is 18.6. The standard InChI is InChI=1S/C23H27N3O2/c1-17-21(20-5-3-4-6-22(20)24-17)16-25-11-13-26(14-12-25)23(27)15-18-7-9-19(28-2)10-8-18/h3-10,24H,11-16H2,1-2H3. The Kier molecular flexibility index (Phi) is 5.35. The smallest absolute Gasteiger partial charge is 0.227 e. The van der Waals surface area contributed by atoms with Crippen LogP contribution in [0.4, 0.5) is 0 Å². The van der Waals surface area contributed by atoms with Crippen LogP contribution in [0.3, 0.4) is 0 Å². The number of aromatic nitrogens is 1. The number of para-hydroxylation sites is 1. The molecule has 0 atom stereocenters. The van der Waals surface area contributed by atoms with Crippen LogP contribution in [0.5, 0.6) is 5.75 Å². The molecule has 1 aliphatic rings. The first-order chi connectivity index (χ1) is 13.6.